The average molecular weight is 543 g/mol. The molecule has 0 saturated heterocycles. The van der Waals surface area contributed by atoms with Gasteiger partial charge in [-0.05, 0) is 37.3 Å². The molecule has 3 rings (SSSR count). The number of benzene rings is 2. The topological polar surface area (TPSA) is 235 Å². The molecule has 0 saturated carbocycles. The van der Waals surface area contributed by atoms with Gasteiger partial charge in [0.15, 0.2) is 6.04 Å². The molecule has 1 heterocycles. The van der Waals surface area contributed by atoms with Crippen molar-refractivity contribution in [3.63, 3.8) is 0 Å². The molecule has 2 aromatic carbocycles. The maximum Gasteiger partial charge on any atom is 1.00 e. The van der Waals surface area contributed by atoms with E-state index in [1.807, 2.05) is 0 Å². The number of aromatic hydroxyl groups is 1. The Morgan fingerprint density at radius 2 is 1.57 bits per heavy atom. The molecule has 0 aliphatic carbocycles. The largest absolute Gasteiger partial charge is 1.00 e. The van der Waals surface area contributed by atoms with Gasteiger partial charge in [-0.25, -0.2) is 16.8 Å². The fourth-order valence-corrected chi connectivity index (χ4v) is 3.67. The first-order valence-electron chi connectivity index (χ1n) is 8.53. The molecule has 1 atom stereocenters. The van der Waals surface area contributed by atoms with Crippen molar-refractivity contribution in [2.75, 3.05) is 5.01 Å². The van der Waals surface area contributed by atoms with Crippen molar-refractivity contribution in [2.24, 2.45) is 15.3 Å². The van der Waals surface area contributed by atoms with Gasteiger partial charge in [0, 0.05) is 6.07 Å². The maximum absolute atomic E-state index is 12.7. The second-order valence-corrected chi connectivity index (χ2v) is 9.24. The van der Waals surface area contributed by atoms with Gasteiger partial charge in [0.05, 0.1) is 26.1 Å². The predicted octanol–water partition coefficient (Wildman–Crippen LogP) is -5.01. The van der Waals surface area contributed by atoms with Gasteiger partial charge in [-0.2, -0.15) is 20.3 Å². The molecule has 35 heavy (non-hydrogen) atoms. The number of carbonyl (C=O) groups is 1. The molecule has 0 radical (unpaired) electrons. The van der Waals surface area contributed by atoms with E-state index < -0.39 is 64.0 Å². The number of carbonyl (C=O) groups excluding carboxylic acids is 1. The number of nitro benzene ring substituents is 1. The fraction of sp³-hybridized carbons (Fsp3) is 0.125. The van der Waals surface area contributed by atoms with E-state index in [0.29, 0.717) is 12.1 Å². The molecule has 19 heteroatoms. The van der Waals surface area contributed by atoms with Crippen LogP contribution in [-0.4, -0.2) is 53.6 Å². The molecule has 0 aromatic heterocycles. The zero-order chi connectivity index (χ0) is 24.7. The number of phenolic OH excluding ortho intramolecular Hbond substituents is 1. The normalized spacial score (nSPS) is 16.0. The Bertz CT molecular complexity index is 1440. The van der Waals surface area contributed by atoms with Crippen LogP contribution in [0, 0.1) is 10.1 Å². The first kappa shape index (κ1) is 31.2. The monoisotopic (exact) mass is 543 g/mol. The van der Waals surface area contributed by atoms with E-state index in [2.05, 4.69) is 15.3 Å². The van der Waals surface area contributed by atoms with Crippen LogP contribution in [0.25, 0.3) is 0 Å². The van der Waals surface area contributed by atoms with E-state index >= 15 is 0 Å². The first-order valence-corrected chi connectivity index (χ1v) is 11.3. The van der Waals surface area contributed by atoms with Gasteiger partial charge in [-0.3, -0.25) is 14.9 Å². The van der Waals surface area contributed by atoms with Gasteiger partial charge < -0.3 is 14.2 Å². The Hall–Kier alpha value is -1.80. The van der Waals surface area contributed by atoms with Crippen molar-refractivity contribution >= 4 is 48.9 Å². The number of nitro groups is 1. The molecule has 1 unspecified atom stereocenters. The third kappa shape index (κ3) is 6.91. The van der Waals surface area contributed by atoms with Crippen LogP contribution in [0.1, 0.15) is 6.92 Å². The number of hydrogen-bond acceptors (Lipinski definition) is 13. The van der Waals surface area contributed by atoms with E-state index in [0.717, 1.165) is 29.3 Å². The molecule has 0 fully saturated rings. The number of anilines is 1. The van der Waals surface area contributed by atoms with Crippen LogP contribution >= 0.6 is 0 Å². The van der Waals surface area contributed by atoms with Crippen LogP contribution in [0.4, 0.5) is 17.1 Å². The van der Waals surface area contributed by atoms with Crippen molar-refractivity contribution in [3.8, 4) is 5.75 Å². The van der Waals surface area contributed by atoms with Crippen molar-refractivity contribution in [3.05, 3.63) is 46.5 Å². The third-order valence-corrected chi connectivity index (χ3v) is 5.94. The Morgan fingerprint density at radius 1 is 1.03 bits per heavy atom. The van der Waals surface area contributed by atoms with Gasteiger partial charge in [0.25, 0.3) is 5.91 Å². The smallest absolute Gasteiger partial charge is 0.744 e. The SMILES string of the molecule is CC1=NN(c2ccc(S(=O)(=O)[O-])cc2)C(=O)C1N=Nc1cc(S(=O)(=O)[O-])cc([N+](=O)[O-])c1O.[Na+].[Na+]. The third-order valence-electron chi connectivity index (χ3n) is 4.28. The number of amides is 1. The summed E-state index contributed by atoms with van der Waals surface area (Å²) in [4.78, 5) is 21.0. The van der Waals surface area contributed by atoms with E-state index in [9.17, 15) is 46.0 Å². The van der Waals surface area contributed by atoms with Gasteiger partial charge in [-0.15, -0.1) is 0 Å². The second kappa shape index (κ2) is 11.5. The van der Waals surface area contributed by atoms with E-state index in [4.69, 9.17) is 0 Å². The van der Waals surface area contributed by atoms with Crippen LogP contribution in [0.5, 0.6) is 5.75 Å². The number of hydrazone groups is 1. The Labute approximate surface area is 242 Å². The Kier molecular flexibility index (Phi) is 10.3. The molecule has 1 aliphatic heterocycles. The summed E-state index contributed by atoms with van der Waals surface area (Å²) in [6.07, 6.45) is 0. The van der Waals surface area contributed by atoms with Crippen molar-refractivity contribution < 1.29 is 99.9 Å². The minimum Gasteiger partial charge on any atom is -0.744 e. The predicted molar refractivity (Wildman–Crippen MR) is 106 cm³/mol. The summed E-state index contributed by atoms with van der Waals surface area (Å²) in [7, 11) is -9.85. The zero-order valence-corrected chi connectivity index (χ0v) is 23.8. The van der Waals surface area contributed by atoms with Crippen LogP contribution in [0.3, 0.4) is 0 Å². The summed E-state index contributed by atoms with van der Waals surface area (Å²) >= 11 is 0. The van der Waals surface area contributed by atoms with E-state index in [-0.39, 0.29) is 70.5 Å². The summed E-state index contributed by atoms with van der Waals surface area (Å²) in [6, 6.07) is 3.76. The summed E-state index contributed by atoms with van der Waals surface area (Å²) in [5.41, 5.74) is -1.70. The minimum absolute atomic E-state index is 0. The number of phenols is 1. The van der Waals surface area contributed by atoms with Gasteiger partial charge in [0.1, 0.15) is 25.9 Å². The van der Waals surface area contributed by atoms with Gasteiger partial charge in [-0.1, -0.05) is 0 Å². The number of azo groups is 1. The Balaban J connectivity index is 0.00000306. The summed E-state index contributed by atoms with van der Waals surface area (Å²) in [6.45, 7) is 1.37. The average Bonchev–Trinajstić information content (AvgIpc) is 2.99. The molecular formula is C16H11N5Na2O10S2. The molecular weight excluding hydrogens is 532 g/mol. The van der Waals surface area contributed by atoms with Crippen molar-refractivity contribution in [1.82, 2.24) is 0 Å². The molecule has 0 bridgehead atoms. The van der Waals surface area contributed by atoms with Gasteiger partial charge >= 0.3 is 64.8 Å². The van der Waals surface area contributed by atoms with Crippen molar-refractivity contribution in [2.45, 2.75) is 22.8 Å². The molecule has 15 nitrogen and oxygen atoms in total. The van der Waals surface area contributed by atoms with Gasteiger partial charge in [0.2, 0.25) is 5.75 Å². The number of nitrogens with zero attached hydrogens (tertiary/aromatic N) is 5. The fourth-order valence-electron chi connectivity index (χ4n) is 2.69. The second-order valence-electron chi connectivity index (χ2n) is 6.48. The van der Waals surface area contributed by atoms with Crippen LogP contribution in [0.2, 0.25) is 0 Å². The van der Waals surface area contributed by atoms with Crippen LogP contribution in [0.15, 0.2) is 61.5 Å². The number of rotatable bonds is 6. The van der Waals surface area contributed by atoms with Crippen LogP contribution in [-0.2, 0) is 25.0 Å². The number of hydrogen-bond donors (Lipinski definition) is 1. The van der Waals surface area contributed by atoms with E-state index in [1.54, 1.807) is 0 Å². The molecule has 2 aromatic rings. The standard InChI is InChI=1S/C16H13N5O10S2.2Na/c1-8-14(16(23)20(19-8)9-2-4-10(5-3-9)32(26,27)28)18-17-12-6-11(33(29,30)31)7-13(15(12)22)21(24)25;;/h2-7,14,22H,1H3,(H,26,27,28)(H,29,30,31);;/q;2*+1/p-2. The quantitative estimate of drug-likeness (QED) is 0.120. The molecule has 0 spiro atoms. The summed E-state index contributed by atoms with van der Waals surface area (Å²) in [5, 5.41) is 33.0. The molecule has 1 amide bonds. The van der Waals surface area contributed by atoms with E-state index in [1.165, 1.54) is 6.92 Å². The first-order chi connectivity index (χ1) is 15.2. The molecule has 1 aliphatic rings. The summed E-state index contributed by atoms with van der Waals surface area (Å²) in [5.74, 6) is -1.88. The van der Waals surface area contributed by atoms with Crippen molar-refractivity contribution in [1.29, 1.82) is 0 Å². The Morgan fingerprint density at radius 3 is 2.06 bits per heavy atom. The molecule has 174 valence electrons. The summed E-state index contributed by atoms with van der Waals surface area (Å²) < 4.78 is 66.8. The zero-order valence-electron chi connectivity index (χ0n) is 18.2. The minimum atomic E-state index is -5.15. The maximum atomic E-state index is 12.7. The van der Waals surface area contributed by atoms with Crippen LogP contribution < -0.4 is 64.1 Å². The molecule has 1 N–H and O–H groups in total.